The Morgan fingerprint density at radius 1 is 1.31 bits per heavy atom. The minimum absolute atomic E-state index is 0.143. The summed E-state index contributed by atoms with van der Waals surface area (Å²) < 4.78 is 33.2. The van der Waals surface area contributed by atoms with Gasteiger partial charge in [-0.2, -0.15) is 0 Å². The zero-order chi connectivity index (χ0) is 21.8. The first-order valence-corrected chi connectivity index (χ1v) is 10.9. The van der Waals surface area contributed by atoms with Crippen LogP contribution in [-0.4, -0.2) is 38.0 Å². The molecule has 0 aromatic carbocycles. The maximum absolute atomic E-state index is 13.2. The highest BCUT2D eigenvalue weighted by atomic mass is 32.2. The molecule has 7 nitrogen and oxygen atoms in total. The molecule has 2 heterocycles. The number of amides is 1. The summed E-state index contributed by atoms with van der Waals surface area (Å²) in [4.78, 5) is 16.9. The number of sulfonamides is 1. The number of anilines is 1. The highest BCUT2D eigenvalue weighted by Crippen LogP contribution is 2.34. The lowest BCUT2D eigenvalue weighted by molar-refractivity contribution is 0.0919. The van der Waals surface area contributed by atoms with Gasteiger partial charge in [0.05, 0.1) is 17.0 Å². The van der Waals surface area contributed by atoms with Gasteiger partial charge in [-0.3, -0.25) is 9.10 Å². The molecule has 1 N–H and O–H groups in total. The van der Waals surface area contributed by atoms with E-state index in [-0.39, 0.29) is 41.1 Å². The van der Waals surface area contributed by atoms with E-state index in [2.05, 4.69) is 10.3 Å². The molecule has 0 saturated heterocycles. The van der Waals surface area contributed by atoms with Gasteiger partial charge in [0.15, 0.2) is 0 Å². The predicted octanol–water partition coefficient (Wildman–Crippen LogP) is 3.56. The van der Waals surface area contributed by atoms with Crippen molar-refractivity contribution in [2.45, 2.75) is 47.1 Å². The van der Waals surface area contributed by atoms with E-state index in [0.29, 0.717) is 0 Å². The quantitative estimate of drug-likeness (QED) is 0.737. The lowest BCUT2D eigenvalue weighted by atomic mass is 10.1. The van der Waals surface area contributed by atoms with Crippen LogP contribution in [0.5, 0.6) is 5.88 Å². The van der Waals surface area contributed by atoms with Gasteiger partial charge in [0, 0.05) is 11.7 Å². The van der Waals surface area contributed by atoms with E-state index >= 15 is 0 Å². The van der Waals surface area contributed by atoms with Gasteiger partial charge in [-0.05, 0) is 53.7 Å². The Kier molecular flexibility index (Phi) is 6.89. The normalized spacial score (nSPS) is 15.9. The van der Waals surface area contributed by atoms with Crippen molar-refractivity contribution in [2.75, 3.05) is 17.5 Å². The van der Waals surface area contributed by atoms with E-state index in [1.807, 2.05) is 52.8 Å². The summed E-state index contributed by atoms with van der Waals surface area (Å²) in [5, 5.41) is 2.85. The van der Waals surface area contributed by atoms with Gasteiger partial charge < -0.3 is 10.1 Å². The molecule has 0 fully saturated rings. The zero-order valence-electron chi connectivity index (χ0n) is 17.8. The van der Waals surface area contributed by atoms with E-state index in [1.165, 1.54) is 16.6 Å². The van der Waals surface area contributed by atoms with E-state index in [9.17, 15) is 13.2 Å². The molecule has 0 unspecified atom stereocenters. The topological polar surface area (TPSA) is 88.6 Å². The number of hydrogen-bond donors (Lipinski definition) is 1. The zero-order valence-corrected chi connectivity index (χ0v) is 18.6. The summed E-state index contributed by atoms with van der Waals surface area (Å²) in [7, 11) is -3.80. The number of nitrogens with one attached hydrogen (secondary N) is 1. The van der Waals surface area contributed by atoms with Crippen LogP contribution < -0.4 is 14.4 Å². The number of ether oxygens (including phenoxy) is 1. The summed E-state index contributed by atoms with van der Waals surface area (Å²) in [5.74, 6) is -0.130. The van der Waals surface area contributed by atoms with E-state index in [0.717, 1.165) is 5.57 Å². The monoisotopic (exact) mass is 419 g/mol. The molecule has 0 radical (unpaired) electrons. The van der Waals surface area contributed by atoms with Crippen molar-refractivity contribution in [3.63, 3.8) is 0 Å². The molecule has 1 aromatic heterocycles. The molecule has 8 heteroatoms. The maximum atomic E-state index is 13.2. The van der Waals surface area contributed by atoms with Crippen molar-refractivity contribution in [1.29, 1.82) is 0 Å². The molecule has 158 valence electrons. The maximum Gasteiger partial charge on any atom is 0.260 e. The van der Waals surface area contributed by atoms with Crippen LogP contribution >= 0.6 is 0 Å². The van der Waals surface area contributed by atoms with Crippen LogP contribution in [0.2, 0.25) is 0 Å². The van der Waals surface area contributed by atoms with Crippen molar-refractivity contribution >= 4 is 21.6 Å². The molecule has 0 spiro atoms. The third-order valence-electron chi connectivity index (χ3n) is 4.06. The van der Waals surface area contributed by atoms with E-state index < -0.39 is 15.6 Å². The number of rotatable bonds is 5. The second-order valence-electron chi connectivity index (χ2n) is 7.87. The second kappa shape index (κ2) is 8.82. The van der Waals surface area contributed by atoms with Crippen molar-refractivity contribution in [2.24, 2.45) is 0 Å². The summed E-state index contributed by atoms with van der Waals surface area (Å²) >= 11 is 0. The van der Waals surface area contributed by atoms with Gasteiger partial charge >= 0.3 is 0 Å². The Labute approximate surface area is 173 Å². The summed E-state index contributed by atoms with van der Waals surface area (Å²) in [5.41, 5.74) is 0.927. The number of pyridine rings is 1. The molecule has 1 amide bonds. The lowest BCUT2D eigenvalue weighted by Crippen LogP contribution is -2.41. The third kappa shape index (κ3) is 5.69. The fourth-order valence-corrected chi connectivity index (χ4v) is 4.11. The van der Waals surface area contributed by atoms with Crippen molar-refractivity contribution in [3.05, 3.63) is 52.6 Å². The molecule has 1 aromatic rings. The molecule has 0 bridgehead atoms. The highest BCUT2D eigenvalue weighted by molar-refractivity contribution is 7.96. The first-order chi connectivity index (χ1) is 13.5. The van der Waals surface area contributed by atoms with Crippen LogP contribution in [0.3, 0.4) is 0 Å². The molecule has 0 atom stereocenters. The van der Waals surface area contributed by atoms with Gasteiger partial charge in [0.2, 0.25) is 5.88 Å². The smallest absolute Gasteiger partial charge is 0.260 e. The molecular formula is C21H29N3O4S. The Hall–Kier alpha value is -2.61. The molecule has 1 aliphatic rings. The van der Waals surface area contributed by atoms with Crippen LogP contribution in [0, 0.1) is 0 Å². The van der Waals surface area contributed by atoms with E-state index in [4.69, 9.17) is 4.74 Å². The van der Waals surface area contributed by atoms with Gasteiger partial charge in [-0.25, -0.2) is 13.4 Å². The highest BCUT2D eigenvalue weighted by Gasteiger charge is 2.32. The molecule has 1 aliphatic heterocycles. The minimum atomic E-state index is -3.80. The molecule has 2 rings (SSSR count). The SMILES string of the molecule is C/C=C/C=C(C)\C=C(/C)S(=O)(=O)N1CCOc2ncc(C(=O)NC(C)(C)C)cc21. The van der Waals surface area contributed by atoms with Gasteiger partial charge in [-0.15, -0.1) is 0 Å². The second-order valence-corrected chi connectivity index (χ2v) is 9.90. The Balaban J connectivity index is 2.44. The number of hydrogen-bond acceptors (Lipinski definition) is 5. The van der Waals surface area contributed by atoms with E-state index in [1.54, 1.807) is 13.0 Å². The number of carbonyl (C=O) groups is 1. The van der Waals surface area contributed by atoms with Crippen LogP contribution in [0.1, 0.15) is 51.9 Å². The van der Waals surface area contributed by atoms with Crippen LogP contribution in [0.4, 0.5) is 5.69 Å². The molecular weight excluding hydrogens is 390 g/mol. The van der Waals surface area contributed by atoms with Crippen LogP contribution in [-0.2, 0) is 10.0 Å². The largest absolute Gasteiger partial charge is 0.474 e. The summed E-state index contributed by atoms with van der Waals surface area (Å²) in [6.07, 6.45) is 8.56. The molecule has 0 saturated carbocycles. The fraction of sp³-hybridized carbons (Fsp3) is 0.429. The Morgan fingerprint density at radius 3 is 2.62 bits per heavy atom. The summed E-state index contributed by atoms with van der Waals surface area (Å²) in [6, 6.07) is 1.51. The Morgan fingerprint density at radius 2 is 2.00 bits per heavy atom. The van der Waals surface area contributed by atoms with Gasteiger partial charge in [0.1, 0.15) is 12.3 Å². The summed E-state index contributed by atoms with van der Waals surface area (Å²) in [6.45, 7) is 11.2. The Bertz CT molecular complexity index is 970. The average Bonchev–Trinajstić information content (AvgIpc) is 2.63. The number of fused-ring (bicyclic) bond motifs is 1. The van der Waals surface area contributed by atoms with Crippen molar-refractivity contribution < 1.29 is 17.9 Å². The fourth-order valence-electron chi connectivity index (χ4n) is 2.73. The van der Waals surface area contributed by atoms with Gasteiger partial charge in [0.25, 0.3) is 15.9 Å². The first-order valence-electron chi connectivity index (χ1n) is 9.41. The average molecular weight is 420 g/mol. The minimum Gasteiger partial charge on any atom is -0.474 e. The van der Waals surface area contributed by atoms with Crippen LogP contribution in [0.15, 0.2) is 47.0 Å². The van der Waals surface area contributed by atoms with Crippen LogP contribution in [0.25, 0.3) is 0 Å². The molecule has 29 heavy (non-hydrogen) atoms. The molecule has 0 aliphatic carbocycles. The van der Waals surface area contributed by atoms with Gasteiger partial charge in [-0.1, -0.05) is 23.8 Å². The number of carbonyl (C=O) groups excluding carboxylic acids is 1. The first kappa shape index (κ1) is 22.7. The predicted molar refractivity (Wildman–Crippen MR) is 116 cm³/mol. The lowest BCUT2D eigenvalue weighted by Gasteiger charge is -2.30. The number of aromatic nitrogens is 1. The number of allylic oxidation sites excluding steroid dienone is 6. The van der Waals surface area contributed by atoms with Crippen molar-refractivity contribution in [1.82, 2.24) is 10.3 Å². The number of nitrogens with zero attached hydrogens (tertiary/aromatic N) is 2. The van der Waals surface area contributed by atoms with Crippen molar-refractivity contribution in [3.8, 4) is 5.88 Å². The third-order valence-corrected chi connectivity index (χ3v) is 5.96. The standard InChI is InChI=1S/C21H29N3O4S/c1-7-8-9-15(2)12-16(3)29(26,27)24-10-11-28-20-18(24)13-17(14-22-20)19(25)23-21(4,5)6/h7-9,12-14H,10-11H2,1-6H3,(H,23,25)/b8-7+,15-9-,16-12+.